The van der Waals surface area contributed by atoms with Crippen molar-refractivity contribution in [2.24, 2.45) is 0 Å². The molecule has 0 atom stereocenters. The second kappa shape index (κ2) is 4.32. The van der Waals surface area contributed by atoms with E-state index in [0.717, 1.165) is 20.4 Å². The summed E-state index contributed by atoms with van der Waals surface area (Å²) < 4.78 is 6.16. The lowest BCUT2D eigenvalue weighted by Crippen LogP contribution is -2.16. The van der Waals surface area contributed by atoms with Crippen molar-refractivity contribution in [2.45, 2.75) is 13.5 Å². The van der Waals surface area contributed by atoms with E-state index in [2.05, 4.69) is 26.1 Å². The molecule has 0 unspecified atom stereocenters. The minimum Gasteiger partial charge on any atom is -0.467 e. The number of nitrogens with zero attached hydrogens (tertiary/aromatic N) is 3. The van der Waals surface area contributed by atoms with Gasteiger partial charge in [-0.1, -0.05) is 11.3 Å². The molecule has 0 aromatic carbocycles. The van der Waals surface area contributed by atoms with E-state index in [0.29, 0.717) is 6.54 Å². The minimum atomic E-state index is 0.709. The quantitative estimate of drug-likeness (QED) is 0.871. The molecule has 2 heterocycles. The first-order valence-corrected chi connectivity index (χ1v) is 6.01. The second-order valence-corrected chi connectivity index (χ2v) is 5.45. The van der Waals surface area contributed by atoms with Gasteiger partial charge in [-0.25, -0.2) is 0 Å². The molecule has 0 fully saturated rings. The third-order valence-corrected chi connectivity index (χ3v) is 3.54. The zero-order valence-corrected chi connectivity index (χ0v) is 10.8. The van der Waals surface area contributed by atoms with E-state index >= 15 is 0 Å². The van der Waals surface area contributed by atoms with E-state index in [1.807, 2.05) is 24.9 Å². The van der Waals surface area contributed by atoms with Crippen molar-refractivity contribution in [3.8, 4) is 0 Å². The van der Waals surface area contributed by atoms with Gasteiger partial charge in [0.25, 0.3) is 0 Å². The molecule has 0 spiro atoms. The van der Waals surface area contributed by atoms with Gasteiger partial charge in [-0.2, -0.15) is 0 Å². The smallest absolute Gasteiger partial charge is 0.209 e. The van der Waals surface area contributed by atoms with Gasteiger partial charge in [-0.3, -0.25) is 0 Å². The molecule has 0 aliphatic heterocycles. The molecule has 2 rings (SSSR count). The summed E-state index contributed by atoms with van der Waals surface area (Å²) in [6, 6.07) is 1.96. The van der Waals surface area contributed by atoms with Gasteiger partial charge in [0.2, 0.25) is 5.13 Å². The lowest BCUT2D eigenvalue weighted by atomic mass is 10.3. The van der Waals surface area contributed by atoms with Gasteiger partial charge >= 0.3 is 0 Å². The lowest BCUT2D eigenvalue weighted by Gasteiger charge is -2.13. The van der Waals surface area contributed by atoms with Crippen LogP contribution in [0.1, 0.15) is 11.3 Å². The van der Waals surface area contributed by atoms with Crippen molar-refractivity contribution in [2.75, 3.05) is 11.9 Å². The van der Waals surface area contributed by atoms with Crippen LogP contribution in [-0.2, 0) is 6.54 Å². The highest BCUT2D eigenvalue weighted by Crippen LogP contribution is 2.24. The van der Waals surface area contributed by atoms with Gasteiger partial charge in [0.1, 0.15) is 5.76 Å². The Bertz CT molecular complexity index is 454. The number of halogens is 1. The van der Waals surface area contributed by atoms with Crippen molar-refractivity contribution in [1.29, 1.82) is 0 Å². The third kappa shape index (κ3) is 2.38. The summed E-state index contributed by atoms with van der Waals surface area (Å²) in [7, 11) is 1.97. The first-order chi connectivity index (χ1) is 7.16. The Kier molecular flexibility index (Phi) is 3.06. The molecule has 2 aromatic heterocycles. The molecule has 2 aromatic rings. The molecule has 4 nitrogen and oxygen atoms in total. The van der Waals surface area contributed by atoms with Crippen LogP contribution in [0.4, 0.5) is 5.13 Å². The molecule has 0 saturated heterocycles. The fourth-order valence-corrected chi connectivity index (χ4v) is 2.25. The second-order valence-electron chi connectivity index (χ2n) is 3.22. The van der Waals surface area contributed by atoms with Crippen molar-refractivity contribution in [3.05, 3.63) is 27.6 Å². The molecule has 0 aliphatic rings. The van der Waals surface area contributed by atoms with Crippen LogP contribution in [0.3, 0.4) is 0 Å². The van der Waals surface area contributed by atoms with Gasteiger partial charge in [0.05, 0.1) is 12.8 Å². The Hall–Kier alpha value is -0.880. The van der Waals surface area contributed by atoms with Crippen LogP contribution in [0, 0.1) is 6.92 Å². The monoisotopic (exact) mass is 287 g/mol. The maximum Gasteiger partial charge on any atom is 0.209 e. The van der Waals surface area contributed by atoms with E-state index in [-0.39, 0.29) is 0 Å². The molecular formula is C9H10BrN3OS. The van der Waals surface area contributed by atoms with Gasteiger partial charge < -0.3 is 9.32 Å². The number of aryl methyl sites for hydroxylation is 1. The van der Waals surface area contributed by atoms with Crippen LogP contribution in [0.5, 0.6) is 0 Å². The first-order valence-electron chi connectivity index (χ1n) is 4.40. The Morgan fingerprint density at radius 1 is 1.53 bits per heavy atom. The Morgan fingerprint density at radius 3 is 2.87 bits per heavy atom. The molecule has 80 valence electrons. The molecule has 0 saturated carbocycles. The number of hydrogen-bond acceptors (Lipinski definition) is 5. The van der Waals surface area contributed by atoms with Crippen molar-refractivity contribution in [1.82, 2.24) is 10.2 Å². The Balaban J connectivity index is 2.10. The molecule has 0 amide bonds. The van der Waals surface area contributed by atoms with E-state index in [1.54, 1.807) is 6.26 Å². The van der Waals surface area contributed by atoms with Gasteiger partial charge in [-0.05, 0) is 34.5 Å². The largest absolute Gasteiger partial charge is 0.467 e. The lowest BCUT2D eigenvalue weighted by molar-refractivity contribution is 0.504. The molecule has 15 heavy (non-hydrogen) atoms. The number of hydrogen-bond donors (Lipinski definition) is 0. The van der Waals surface area contributed by atoms with Crippen LogP contribution in [0.25, 0.3) is 0 Å². The summed E-state index contributed by atoms with van der Waals surface area (Å²) >= 11 is 4.79. The fourth-order valence-electron chi connectivity index (χ4n) is 1.20. The number of furan rings is 1. The number of rotatable bonds is 3. The average Bonchev–Trinajstić information content (AvgIpc) is 2.77. The fraction of sp³-hybridized carbons (Fsp3) is 0.333. The predicted molar refractivity (Wildman–Crippen MR) is 63.2 cm³/mol. The van der Waals surface area contributed by atoms with Gasteiger partial charge in [-0.15, -0.1) is 10.2 Å². The Morgan fingerprint density at radius 2 is 2.33 bits per heavy atom. The minimum absolute atomic E-state index is 0.709. The maximum absolute atomic E-state index is 5.37. The van der Waals surface area contributed by atoms with E-state index in [1.165, 1.54) is 11.3 Å². The highest BCUT2D eigenvalue weighted by Gasteiger charge is 2.10. The highest BCUT2D eigenvalue weighted by atomic mass is 79.9. The summed E-state index contributed by atoms with van der Waals surface area (Å²) in [5, 5.41) is 8.81. The molecule has 0 bridgehead atoms. The zero-order valence-electron chi connectivity index (χ0n) is 8.40. The van der Waals surface area contributed by atoms with Crippen LogP contribution >= 0.6 is 27.3 Å². The first kappa shape index (κ1) is 10.6. The average molecular weight is 288 g/mol. The molecular weight excluding hydrogens is 278 g/mol. The van der Waals surface area contributed by atoms with Gasteiger partial charge in [0.15, 0.2) is 3.92 Å². The topological polar surface area (TPSA) is 42.2 Å². The zero-order chi connectivity index (χ0) is 10.8. The molecule has 0 radical (unpaired) electrons. The van der Waals surface area contributed by atoms with Crippen molar-refractivity contribution in [3.63, 3.8) is 0 Å². The molecule has 0 N–H and O–H groups in total. The summed E-state index contributed by atoms with van der Waals surface area (Å²) in [6.07, 6.45) is 1.70. The van der Waals surface area contributed by atoms with Crippen molar-refractivity contribution < 1.29 is 4.42 Å². The molecule has 6 heteroatoms. The predicted octanol–water partition coefficient (Wildman–Crippen LogP) is 2.84. The van der Waals surface area contributed by atoms with E-state index < -0.39 is 0 Å². The van der Waals surface area contributed by atoms with Crippen LogP contribution in [-0.4, -0.2) is 17.2 Å². The van der Waals surface area contributed by atoms with Crippen LogP contribution in [0.15, 0.2) is 20.7 Å². The normalized spacial score (nSPS) is 10.6. The SMILES string of the molecule is Cc1ccoc1CN(C)c1nnc(Br)s1. The van der Waals surface area contributed by atoms with Crippen LogP contribution < -0.4 is 4.90 Å². The summed E-state index contributed by atoms with van der Waals surface area (Å²) in [6.45, 7) is 2.74. The Labute approximate surface area is 100 Å². The van der Waals surface area contributed by atoms with Gasteiger partial charge in [0, 0.05) is 7.05 Å². The maximum atomic E-state index is 5.37. The number of anilines is 1. The summed E-state index contributed by atoms with van der Waals surface area (Å²) in [4.78, 5) is 2.01. The number of aromatic nitrogens is 2. The summed E-state index contributed by atoms with van der Waals surface area (Å²) in [5.41, 5.74) is 1.16. The van der Waals surface area contributed by atoms with E-state index in [4.69, 9.17) is 4.42 Å². The van der Waals surface area contributed by atoms with Crippen LogP contribution in [0.2, 0.25) is 0 Å². The highest BCUT2D eigenvalue weighted by molar-refractivity contribution is 9.11. The standard InChI is InChI=1S/C9H10BrN3OS/c1-6-3-4-14-7(6)5-13(2)9-12-11-8(10)15-9/h3-4H,5H2,1-2H3. The summed E-state index contributed by atoms with van der Waals surface area (Å²) in [5.74, 6) is 0.962. The van der Waals surface area contributed by atoms with E-state index in [9.17, 15) is 0 Å². The molecule has 0 aliphatic carbocycles. The van der Waals surface area contributed by atoms with Crippen molar-refractivity contribution >= 4 is 32.4 Å². The third-order valence-electron chi connectivity index (χ3n) is 2.07.